The fourth-order valence-corrected chi connectivity index (χ4v) is 6.80. The Morgan fingerprint density at radius 2 is 1.65 bits per heavy atom. The molecule has 0 aromatic carbocycles. The van der Waals surface area contributed by atoms with Gasteiger partial charge in [-0.25, -0.2) is 0 Å². The normalized spacial score (nSPS) is 47.7. The van der Waals surface area contributed by atoms with Gasteiger partial charge >= 0.3 is 0 Å². The fraction of sp³-hybridized carbons (Fsp3) is 1.00. The van der Waals surface area contributed by atoms with E-state index in [4.69, 9.17) is 0 Å². The van der Waals surface area contributed by atoms with Crippen LogP contribution in [0.5, 0.6) is 0 Å². The van der Waals surface area contributed by atoms with Gasteiger partial charge in [-0.1, -0.05) is 41.0 Å². The Morgan fingerprint density at radius 3 is 2.35 bits per heavy atom. The smallest absolute Gasteiger partial charge is 0.0261 e. The highest BCUT2D eigenvalue weighted by molar-refractivity contribution is 5.04. The van der Waals surface area contributed by atoms with Crippen molar-refractivity contribution in [1.82, 2.24) is 0 Å². The van der Waals surface area contributed by atoms with Gasteiger partial charge in [0, 0.05) is 0 Å². The van der Waals surface area contributed by atoms with E-state index in [9.17, 15) is 0 Å². The molecule has 20 heavy (non-hydrogen) atoms. The summed E-state index contributed by atoms with van der Waals surface area (Å²) in [6.07, 6.45) is 12.1. The van der Waals surface area contributed by atoms with E-state index in [0.29, 0.717) is 10.8 Å². The summed E-state index contributed by atoms with van der Waals surface area (Å²) in [5.74, 6) is 5.04. The first kappa shape index (κ1) is 14.9. The molecule has 0 radical (unpaired) electrons. The summed E-state index contributed by atoms with van der Waals surface area (Å²) in [4.78, 5) is 0. The van der Waals surface area contributed by atoms with Crippen molar-refractivity contribution in [2.45, 2.75) is 86.0 Å². The Hall–Kier alpha value is 0. The molecule has 0 amide bonds. The molecule has 0 aliphatic heterocycles. The minimum absolute atomic E-state index is 0.604. The third-order valence-corrected chi connectivity index (χ3v) is 7.91. The molecule has 3 aliphatic carbocycles. The summed E-state index contributed by atoms with van der Waals surface area (Å²) in [5.41, 5.74) is 1.28. The van der Waals surface area contributed by atoms with Crippen LogP contribution in [0.4, 0.5) is 0 Å². The summed E-state index contributed by atoms with van der Waals surface area (Å²) in [6.45, 7) is 12.7. The summed E-state index contributed by atoms with van der Waals surface area (Å²) < 4.78 is 0. The highest BCUT2D eigenvalue weighted by Crippen LogP contribution is 2.64. The molecule has 3 fully saturated rings. The molecular weight excluding hydrogens is 240 g/mol. The van der Waals surface area contributed by atoms with Crippen LogP contribution in [0.1, 0.15) is 86.0 Å². The van der Waals surface area contributed by atoms with Gasteiger partial charge in [0.1, 0.15) is 0 Å². The quantitative estimate of drug-likeness (QED) is 0.527. The second-order valence-electron chi connectivity index (χ2n) is 9.66. The van der Waals surface area contributed by atoms with Crippen LogP contribution in [-0.2, 0) is 0 Å². The van der Waals surface area contributed by atoms with Crippen molar-refractivity contribution in [3.8, 4) is 0 Å². The van der Waals surface area contributed by atoms with Gasteiger partial charge in [0.25, 0.3) is 0 Å². The second kappa shape index (κ2) is 5.03. The van der Waals surface area contributed by atoms with Crippen LogP contribution < -0.4 is 0 Å². The van der Waals surface area contributed by atoms with Crippen molar-refractivity contribution in [2.75, 3.05) is 0 Å². The molecule has 0 aromatic rings. The van der Waals surface area contributed by atoms with Gasteiger partial charge in [-0.05, 0) is 85.4 Å². The van der Waals surface area contributed by atoms with Gasteiger partial charge < -0.3 is 0 Å². The number of fused-ring (bicyclic) bond motifs is 3. The van der Waals surface area contributed by atoms with Crippen LogP contribution >= 0.6 is 0 Å². The maximum absolute atomic E-state index is 2.69. The first-order chi connectivity index (χ1) is 9.34. The molecule has 0 unspecified atom stereocenters. The van der Waals surface area contributed by atoms with E-state index in [2.05, 4.69) is 34.6 Å². The predicted molar refractivity (Wildman–Crippen MR) is 87.6 cm³/mol. The Balaban J connectivity index is 1.81. The molecular formula is C20H36. The largest absolute Gasteiger partial charge is 0.0625 e. The van der Waals surface area contributed by atoms with E-state index in [0.717, 1.165) is 29.6 Å². The van der Waals surface area contributed by atoms with E-state index < -0.39 is 0 Å². The third kappa shape index (κ3) is 2.26. The zero-order valence-corrected chi connectivity index (χ0v) is 14.5. The fourth-order valence-electron chi connectivity index (χ4n) is 6.80. The zero-order chi connectivity index (χ0) is 14.5. The lowest BCUT2D eigenvalue weighted by atomic mass is 9.44. The zero-order valence-electron chi connectivity index (χ0n) is 14.5. The van der Waals surface area contributed by atoms with Gasteiger partial charge in [0.2, 0.25) is 0 Å². The third-order valence-electron chi connectivity index (χ3n) is 7.91. The van der Waals surface area contributed by atoms with Gasteiger partial charge in [0.15, 0.2) is 0 Å². The lowest BCUT2D eigenvalue weighted by Crippen LogP contribution is -2.53. The predicted octanol–water partition coefficient (Wildman–Crippen LogP) is 6.30. The molecule has 3 saturated carbocycles. The highest BCUT2D eigenvalue weighted by Gasteiger charge is 2.55. The Bertz CT molecular complexity index is 353. The topological polar surface area (TPSA) is 0 Å². The van der Waals surface area contributed by atoms with Crippen LogP contribution in [0, 0.1) is 40.4 Å². The van der Waals surface area contributed by atoms with E-state index in [-0.39, 0.29) is 0 Å². The molecule has 0 saturated heterocycles. The second-order valence-corrected chi connectivity index (χ2v) is 9.66. The van der Waals surface area contributed by atoms with E-state index in [1.165, 1.54) is 44.9 Å². The SMILES string of the molecule is CC(C)[C@H]1CC[C@H]2[C@@H](CC[C@H]3C(C)(C)CCC[C@]23C)C1. The molecule has 0 N–H and O–H groups in total. The summed E-state index contributed by atoms with van der Waals surface area (Å²) in [6, 6.07) is 0. The van der Waals surface area contributed by atoms with Gasteiger partial charge in [-0.2, -0.15) is 0 Å². The number of rotatable bonds is 1. The molecule has 0 heteroatoms. The standard InChI is InChI=1S/C20H36/c1-14(2)15-7-9-17-16(13-15)8-10-18-19(3,4)11-6-12-20(17,18)5/h14-18H,6-13H2,1-5H3/t15-,16-,17-,18-,20+/m0/s1. The van der Waals surface area contributed by atoms with Crippen LogP contribution in [0.15, 0.2) is 0 Å². The average Bonchev–Trinajstić information content (AvgIpc) is 2.37. The van der Waals surface area contributed by atoms with Crippen LogP contribution in [0.25, 0.3) is 0 Å². The minimum Gasteiger partial charge on any atom is -0.0625 e. The van der Waals surface area contributed by atoms with Crippen molar-refractivity contribution < 1.29 is 0 Å². The first-order valence-corrected chi connectivity index (χ1v) is 9.34. The lowest BCUT2D eigenvalue weighted by Gasteiger charge is -2.61. The molecule has 116 valence electrons. The minimum atomic E-state index is 0.604. The van der Waals surface area contributed by atoms with Crippen molar-refractivity contribution in [1.29, 1.82) is 0 Å². The van der Waals surface area contributed by atoms with Gasteiger partial charge in [-0.3, -0.25) is 0 Å². The molecule has 5 atom stereocenters. The highest BCUT2D eigenvalue weighted by atomic mass is 14.6. The molecule has 0 heterocycles. The molecule has 3 rings (SSSR count). The molecule has 0 nitrogen and oxygen atoms in total. The molecule has 0 bridgehead atoms. The van der Waals surface area contributed by atoms with Crippen molar-refractivity contribution in [3.05, 3.63) is 0 Å². The van der Waals surface area contributed by atoms with Crippen molar-refractivity contribution >= 4 is 0 Å². The average molecular weight is 277 g/mol. The molecule has 0 spiro atoms. The van der Waals surface area contributed by atoms with Crippen LogP contribution in [0.2, 0.25) is 0 Å². The lowest BCUT2D eigenvalue weighted by molar-refractivity contribution is -0.117. The molecule has 0 aromatic heterocycles. The van der Waals surface area contributed by atoms with Crippen LogP contribution in [-0.4, -0.2) is 0 Å². The monoisotopic (exact) mass is 276 g/mol. The Kier molecular flexibility index (Phi) is 3.75. The maximum Gasteiger partial charge on any atom is -0.0261 e. The first-order valence-electron chi connectivity index (χ1n) is 9.34. The Labute approximate surface area is 127 Å². The summed E-state index contributed by atoms with van der Waals surface area (Å²) in [7, 11) is 0. The van der Waals surface area contributed by atoms with Gasteiger partial charge in [-0.15, -0.1) is 0 Å². The van der Waals surface area contributed by atoms with E-state index in [1.807, 2.05) is 0 Å². The molecule has 3 aliphatic rings. The van der Waals surface area contributed by atoms with Crippen molar-refractivity contribution in [3.63, 3.8) is 0 Å². The van der Waals surface area contributed by atoms with Gasteiger partial charge in [0.05, 0.1) is 0 Å². The number of hydrogen-bond donors (Lipinski definition) is 0. The Morgan fingerprint density at radius 1 is 0.900 bits per heavy atom. The summed E-state index contributed by atoms with van der Waals surface area (Å²) in [5, 5.41) is 0. The van der Waals surface area contributed by atoms with Crippen molar-refractivity contribution in [2.24, 2.45) is 40.4 Å². The maximum atomic E-state index is 2.69. The number of hydrogen-bond acceptors (Lipinski definition) is 0. The van der Waals surface area contributed by atoms with Crippen LogP contribution in [0.3, 0.4) is 0 Å². The van der Waals surface area contributed by atoms with E-state index >= 15 is 0 Å². The van der Waals surface area contributed by atoms with E-state index in [1.54, 1.807) is 6.42 Å². The summed E-state index contributed by atoms with van der Waals surface area (Å²) >= 11 is 0.